The first kappa shape index (κ1) is 14.1. The average Bonchev–Trinajstić information content (AvgIpc) is 2.87. The smallest absolute Gasteiger partial charge is 0.208 e. The minimum Gasteiger partial charge on any atom is -0.496 e. The maximum atomic E-state index is 5.73. The predicted octanol–water partition coefficient (Wildman–Crippen LogP) is 3.61. The molecule has 1 heterocycles. The third-order valence-corrected chi connectivity index (χ3v) is 3.18. The van der Waals surface area contributed by atoms with Gasteiger partial charge in [0.1, 0.15) is 5.75 Å². The summed E-state index contributed by atoms with van der Waals surface area (Å²) in [5, 5.41) is 3.26. The quantitative estimate of drug-likeness (QED) is 0.824. The molecule has 1 aromatic carbocycles. The molecule has 0 bridgehead atoms. The largest absolute Gasteiger partial charge is 0.496 e. The van der Waals surface area contributed by atoms with E-state index in [0.717, 1.165) is 34.5 Å². The van der Waals surface area contributed by atoms with Crippen molar-refractivity contribution in [2.24, 2.45) is 0 Å². The number of rotatable bonds is 6. The van der Waals surface area contributed by atoms with Crippen LogP contribution in [0.3, 0.4) is 0 Å². The van der Waals surface area contributed by atoms with Gasteiger partial charge in [-0.25, -0.2) is 4.98 Å². The summed E-state index contributed by atoms with van der Waals surface area (Å²) in [6.07, 6.45) is 2.82. The van der Waals surface area contributed by atoms with Crippen LogP contribution in [-0.2, 0) is 6.54 Å². The van der Waals surface area contributed by atoms with E-state index < -0.39 is 0 Å². The summed E-state index contributed by atoms with van der Waals surface area (Å²) in [7, 11) is 1.64. The van der Waals surface area contributed by atoms with Gasteiger partial charge < -0.3 is 14.5 Å². The molecule has 0 aliphatic heterocycles. The van der Waals surface area contributed by atoms with Gasteiger partial charge in [0.25, 0.3) is 0 Å². The molecule has 0 aliphatic carbocycles. The second kappa shape index (κ2) is 6.73. The van der Waals surface area contributed by atoms with Crippen LogP contribution in [0.15, 0.2) is 33.3 Å². The Bertz CT molecular complexity index is 540. The molecule has 0 saturated carbocycles. The number of ether oxygens (including phenoxy) is 1. The van der Waals surface area contributed by atoms with Crippen molar-refractivity contribution in [3.8, 4) is 17.1 Å². The minimum absolute atomic E-state index is 0.646. The Morgan fingerprint density at radius 1 is 1.42 bits per heavy atom. The van der Waals surface area contributed by atoms with Gasteiger partial charge in [0.05, 0.1) is 25.4 Å². The highest BCUT2D eigenvalue weighted by Crippen LogP contribution is 2.32. The normalized spacial score (nSPS) is 10.7. The molecule has 0 saturated heterocycles. The van der Waals surface area contributed by atoms with Crippen LogP contribution in [0.1, 0.15) is 19.2 Å². The maximum Gasteiger partial charge on any atom is 0.208 e. The van der Waals surface area contributed by atoms with Crippen molar-refractivity contribution >= 4 is 15.9 Å². The Labute approximate surface area is 121 Å². The van der Waals surface area contributed by atoms with Crippen molar-refractivity contribution < 1.29 is 9.15 Å². The Morgan fingerprint density at radius 3 is 3.00 bits per heavy atom. The lowest BCUT2D eigenvalue weighted by atomic mass is 10.1. The summed E-state index contributed by atoms with van der Waals surface area (Å²) >= 11 is 3.42. The van der Waals surface area contributed by atoms with Crippen LogP contribution in [-0.4, -0.2) is 18.6 Å². The molecule has 4 nitrogen and oxygen atoms in total. The molecule has 0 amide bonds. The van der Waals surface area contributed by atoms with Gasteiger partial charge in [0.15, 0.2) is 5.76 Å². The Balaban J connectivity index is 2.18. The SMILES string of the molecule is CCCNCc1ncc(-c2ccc(Br)cc2OC)o1. The lowest BCUT2D eigenvalue weighted by Gasteiger charge is -2.06. The van der Waals surface area contributed by atoms with E-state index in [0.29, 0.717) is 12.4 Å². The summed E-state index contributed by atoms with van der Waals surface area (Å²) < 4.78 is 12.1. The van der Waals surface area contributed by atoms with E-state index >= 15 is 0 Å². The number of benzene rings is 1. The highest BCUT2D eigenvalue weighted by atomic mass is 79.9. The number of methoxy groups -OCH3 is 1. The zero-order chi connectivity index (χ0) is 13.7. The molecule has 5 heteroatoms. The van der Waals surface area contributed by atoms with Crippen LogP contribution in [0.5, 0.6) is 5.75 Å². The Kier molecular flexibility index (Phi) is 4.99. The van der Waals surface area contributed by atoms with Crippen molar-refractivity contribution in [3.05, 3.63) is 34.8 Å². The van der Waals surface area contributed by atoms with Gasteiger partial charge in [-0.15, -0.1) is 0 Å². The lowest BCUT2D eigenvalue weighted by molar-refractivity contribution is 0.413. The van der Waals surface area contributed by atoms with E-state index in [4.69, 9.17) is 9.15 Å². The fraction of sp³-hybridized carbons (Fsp3) is 0.357. The van der Waals surface area contributed by atoms with Gasteiger partial charge in [-0.05, 0) is 31.2 Å². The van der Waals surface area contributed by atoms with Gasteiger partial charge >= 0.3 is 0 Å². The zero-order valence-corrected chi connectivity index (χ0v) is 12.7. The van der Waals surface area contributed by atoms with Crippen LogP contribution >= 0.6 is 15.9 Å². The topological polar surface area (TPSA) is 47.3 Å². The van der Waals surface area contributed by atoms with Crippen molar-refractivity contribution in [2.45, 2.75) is 19.9 Å². The highest BCUT2D eigenvalue weighted by Gasteiger charge is 2.11. The maximum absolute atomic E-state index is 5.73. The van der Waals surface area contributed by atoms with Crippen LogP contribution < -0.4 is 10.1 Å². The lowest BCUT2D eigenvalue weighted by Crippen LogP contribution is -2.13. The number of halogens is 1. The fourth-order valence-corrected chi connectivity index (χ4v) is 2.10. The van der Waals surface area contributed by atoms with Gasteiger partial charge in [-0.3, -0.25) is 0 Å². The molecule has 1 N–H and O–H groups in total. The number of hydrogen-bond donors (Lipinski definition) is 1. The van der Waals surface area contributed by atoms with Crippen molar-refractivity contribution in [3.63, 3.8) is 0 Å². The first-order valence-corrected chi connectivity index (χ1v) is 7.03. The van der Waals surface area contributed by atoms with Gasteiger partial charge in [0, 0.05) is 4.47 Å². The second-order valence-electron chi connectivity index (χ2n) is 4.14. The number of nitrogens with zero attached hydrogens (tertiary/aromatic N) is 1. The van der Waals surface area contributed by atoms with Gasteiger partial charge in [-0.2, -0.15) is 0 Å². The molecular formula is C14H17BrN2O2. The molecule has 19 heavy (non-hydrogen) atoms. The highest BCUT2D eigenvalue weighted by molar-refractivity contribution is 9.10. The molecular weight excluding hydrogens is 308 g/mol. The number of nitrogens with one attached hydrogen (secondary N) is 1. The fourth-order valence-electron chi connectivity index (χ4n) is 1.76. The van der Waals surface area contributed by atoms with Crippen molar-refractivity contribution in [2.75, 3.05) is 13.7 Å². The monoisotopic (exact) mass is 324 g/mol. The van der Waals surface area contributed by atoms with E-state index in [-0.39, 0.29) is 0 Å². The van der Waals surface area contributed by atoms with E-state index in [2.05, 4.69) is 33.2 Å². The molecule has 0 spiro atoms. The predicted molar refractivity (Wildman–Crippen MR) is 78.2 cm³/mol. The summed E-state index contributed by atoms with van der Waals surface area (Å²) in [6.45, 7) is 3.73. The molecule has 0 fully saturated rings. The van der Waals surface area contributed by atoms with Crippen LogP contribution in [0.4, 0.5) is 0 Å². The van der Waals surface area contributed by atoms with Gasteiger partial charge in [0.2, 0.25) is 5.89 Å². The third-order valence-electron chi connectivity index (χ3n) is 2.69. The molecule has 0 radical (unpaired) electrons. The molecule has 102 valence electrons. The molecule has 1 aromatic heterocycles. The summed E-state index contributed by atoms with van der Waals surface area (Å²) in [4.78, 5) is 4.27. The summed E-state index contributed by atoms with van der Waals surface area (Å²) in [6, 6.07) is 5.81. The molecule has 0 aliphatic rings. The number of oxazole rings is 1. The van der Waals surface area contributed by atoms with E-state index in [1.807, 2.05) is 18.2 Å². The second-order valence-corrected chi connectivity index (χ2v) is 5.06. The van der Waals surface area contributed by atoms with Crippen LogP contribution in [0, 0.1) is 0 Å². The molecule has 0 atom stereocenters. The van der Waals surface area contributed by atoms with Crippen molar-refractivity contribution in [1.82, 2.24) is 10.3 Å². The standard InChI is InChI=1S/C14H17BrN2O2/c1-3-6-16-9-14-17-8-13(19-14)11-5-4-10(15)7-12(11)18-2/h4-5,7-8,16H,3,6,9H2,1-2H3. The summed E-state index contributed by atoms with van der Waals surface area (Å²) in [5.74, 6) is 2.17. The molecule has 0 unspecified atom stereocenters. The minimum atomic E-state index is 0.646. The average molecular weight is 325 g/mol. The molecule has 2 rings (SSSR count). The number of aromatic nitrogens is 1. The summed E-state index contributed by atoms with van der Waals surface area (Å²) in [5.41, 5.74) is 0.903. The van der Waals surface area contributed by atoms with Gasteiger partial charge in [-0.1, -0.05) is 22.9 Å². The van der Waals surface area contributed by atoms with E-state index in [1.165, 1.54) is 0 Å². The zero-order valence-electron chi connectivity index (χ0n) is 11.1. The number of hydrogen-bond acceptors (Lipinski definition) is 4. The first-order valence-electron chi connectivity index (χ1n) is 6.24. The Hall–Kier alpha value is -1.33. The Morgan fingerprint density at radius 2 is 2.26 bits per heavy atom. The van der Waals surface area contributed by atoms with Crippen LogP contribution in [0.2, 0.25) is 0 Å². The van der Waals surface area contributed by atoms with E-state index in [1.54, 1.807) is 13.3 Å². The van der Waals surface area contributed by atoms with E-state index in [9.17, 15) is 0 Å². The van der Waals surface area contributed by atoms with Crippen molar-refractivity contribution in [1.29, 1.82) is 0 Å². The van der Waals surface area contributed by atoms with Crippen LogP contribution in [0.25, 0.3) is 11.3 Å². The third kappa shape index (κ3) is 3.58. The first-order chi connectivity index (χ1) is 9.24. The molecule has 2 aromatic rings.